The largest absolute Gasteiger partial charge is 0.482 e. The molecule has 1 aliphatic carbocycles. The Bertz CT molecular complexity index is 1140. The number of sulfonamides is 1. The molecule has 0 unspecified atom stereocenters. The van der Waals surface area contributed by atoms with E-state index in [1.165, 1.54) is 50.4 Å². The number of amides is 2. The first-order valence-electron chi connectivity index (χ1n) is 11.2. The van der Waals surface area contributed by atoms with E-state index in [0.29, 0.717) is 17.1 Å². The van der Waals surface area contributed by atoms with E-state index in [0.717, 1.165) is 30.0 Å². The molecule has 3 rings (SSSR count). The van der Waals surface area contributed by atoms with E-state index in [-0.39, 0.29) is 36.0 Å². The molecule has 35 heavy (non-hydrogen) atoms. The van der Waals surface area contributed by atoms with Gasteiger partial charge in [0.2, 0.25) is 5.91 Å². The fourth-order valence-electron chi connectivity index (χ4n) is 3.63. The van der Waals surface area contributed by atoms with Gasteiger partial charge >= 0.3 is 5.97 Å². The van der Waals surface area contributed by atoms with Crippen molar-refractivity contribution >= 4 is 39.2 Å². The average Bonchev–Trinajstić information content (AvgIpc) is 3.34. The normalized spacial score (nSPS) is 13.7. The van der Waals surface area contributed by atoms with Crippen molar-refractivity contribution in [2.75, 3.05) is 29.9 Å². The number of hydrogen-bond acceptors (Lipinski definition) is 7. The van der Waals surface area contributed by atoms with Crippen LogP contribution in [0.2, 0.25) is 0 Å². The lowest BCUT2D eigenvalue weighted by molar-refractivity contribution is -0.150. The second kappa shape index (κ2) is 11.7. The Balaban J connectivity index is 1.49. The van der Waals surface area contributed by atoms with Crippen LogP contribution in [0.3, 0.4) is 0 Å². The summed E-state index contributed by atoms with van der Waals surface area (Å²) >= 11 is 0. The molecule has 11 heteroatoms. The number of hydrogen-bond donors (Lipinski definition) is 2. The molecule has 2 amide bonds. The van der Waals surface area contributed by atoms with Crippen molar-refractivity contribution in [3.63, 3.8) is 0 Å². The number of anilines is 2. The molecular weight excluding hydrogens is 474 g/mol. The smallest absolute Gasteiger partial charge is 0.344 e. The summed E-state index contributed by atoms with van der Waals surface area (Å²) in [5.74, 6) is -0.925. The van der Waals surface area contributed by atoms with Crippen molar-refractivity contribution in [1.82, 2.24) is 5.32 Å². The Labute approximate surface area is 204 Å². The van der Waals surface area contributed by atoms with E-state index in [4.69, 9.17) is 9.47 Å². The van der Waals surface area contributed by atoms with Crippen LogP contribution in [0.1, 0.15) is 32.6 Å². The Morgan fingerprint density at radius 3 is 2.20 bits per heavy atom. The molecule has 0 heterocycles. The third-order valence-electron chi connectivity index (χ3n) is 5.47. The number of carbonyl (C=O) groups excluding carboxylic acids is 3. The number of esters is 1. The van der Waals surface area contributed by atoms with Crippen molar-refractivity contribution in [2.24, 2.45) is 0 Å². The number of ether oxygens (including phenoxy) is 2. The molecule has 0 atom stereocenters. The van der Waals surface area contributed by atoms with Crippen LogP contribution in [-0.4, -0.2) is 52.5 Å². The SMILES string of the molecule is CC(=O)Nc1ccc(S(=O)(=O)N(C)c2ccc(OCC(=O)OCC(=O)NC3CCCC3)cc2)cc1. The molecule has 1 fully saturated rings. The molecule has 1 aliphatic rings. The predicted molar refractivity (Wildman–Crippen MR) is 130 cm³/mol. The molecular formula is C24H29N3O7S. The zero-order valence-corrected chi connectivity index (χ0v) is 20.5. The molecule has 0 saturated heterocycles. The molecule has 0 radical (unpaired) electrons. The van der Waals surface area contributed by atoms with E-state index in [1.54, 1.807) is 12.1 Å². The van der Waals surface area contributed by atoms with Gasteiger partial charge in [-0.05, 0) is 61.4 Å². The lowest BCUT2D eigenvalue weighted by atomic mass is 10.2. The highest BCUT2D eigenvalue weighted by Gasteiger charge is 2.22. The summed E-state index contributed by atoms with van der Waals surface area (Å²) in [5.41, 5.74) is 0.878. The predicted octanol–water partition coefficient (Wildman–Crippen LogP) is 2.45. The molecule has 1 saturated carbocycles. The van der Waals surface area contributed by atoms with Gasteiger partial charge in [-0.3, -0.25) is 13.9 Å². The van der Waals surface area contributed by atoms with Gasteiger partial charge in [0.25, 0.3) is 15.9 Å². The molecule has 0 aliphatic heterocycles. The standard InChI is InChI=1S/C24H29N3O7S/c1-17(28)25-19-7-13-22(14-8-19)35(31,32)27(2)20-9-11-21(12-10-20)33-16-24(30)34-15-23(29)26-18-5-3-4-6-18/h7-14,18H,3-6,15-16H2,1-2H3,(H,25,28)(H,26,29). The summed E-state index contributed by atoms with van der Waals surface area (Å²) < 4.78 is 37.3. The van der Waals surface area contributed by atoms with Crippen LogP contribution in [0.15, 0.2) is 53.4 Å². The molecule has 2 aromatic rings. The number of benzene rings is 2. The first-order valence-corrected chi connectivity index (χ1v) is 12.6. The topological polar surface area (TPSA) is 131 Å². The lowest BCUT2D eigenvalue weighted by Crippen LogP contribution is -2.36. The second-order valence-electron chi connectivity index (χ2n) is 8.17. The zero-order valence-electron chi connectivity index (χ0n) is 19.7. The Morgan fingerprint density at radius 1 is 0.971 bits per heavy atom. The van der Waals surface area contributed by atoms with Gasteiger partial charge in [0.05, 0.1) is 10.6 Å². The number of nitrogens with zero attached hydrogens (tertiary/aromatic N) is 1. The minimum absolute atomic E-state index is 0.0640. The zero-order chi connectivity index (χ0) is 25.4. The third kappa shape index (κ3) is 7.44. The molecule has 0 aromatic heterocycles. The molecule has 2 N–H and O–H groups in total. The number of carbonyl (C=O) groups is 3. The van der Waals surface area contributed by atoms with Crippen LogP contribution in [0.25, 0.3) is 0 Å². The van der Waals surface area contributed by atoms with Crippen molar-refractivity contribution in [2.45, 2.75) is 43.5 Å². The van der Waals surface area contributed by atoms with Gasteiger partial charge in [0.15, 0.2) is 13.2 Å². The number of nitrogens with one attached hydrogen (secondary N) is 2. The first-order chi connectivity index (χ1) is 16.6. The minimum atomic E-state index is -3.83. The quantitative estimate of drug-likeness (QED) is 0.476. The molecule has 0 spiro atoms. The lowest BCUT2D eigenvalue weighted by Gasteiger charge is -2.20. The fourth-order valence-corrected chi connectivity index (χ4v) is 4.83. The van der Waals surface area contributed by atoms with E-state index in [1.807, 2.05) is 0 Å². The summed E-state index contributed by atoms with van der Waals surface area (Å²) in [5, 5.41) is 5.42. The highest BCUT2D eigenvalue weighted by molar-refractivity contribution is 7.92. The van der Waals surface area contributed by atoms with Gasteiger partial charge in [-0.15, -0.1) is 0 Å². The van der Waals surface area contributed by atoms with E-state index in [2.05, 4.69) is 10.6 Å². The Kier molecular flexibility index (Phi) is 8.69. The van der Waals surface area contributed by atoms with Gasteiger partial charge in [0.1, 0.15) is 5.75 Å². The first kappa shape index (κ1) is 26.0. The van der Waals surface area contributed by atoms with Gasteiger partial charge in [-0.2, -0.15) is 0 Å². The maximum Gasteiger partial charge on any atom is 0.344 e. The van der Waals surface area contributed by atoms with Crippen molar-refractivity contribution < 1.29 is 32.3 Å². The van der Waals surface area contributed by atoms with Gasteiger partial charge in [0, 0.05) is 25.7 Å². The van der Waals surface area contributed by atoms with Crippen molar-refractivity contribution in [3.05, 3.63) is 48.5 Å². The second-order valence-corrected chi connectivity index (χ2v) is 10.1. The van der Waals surface area contributed by atoms with Crippen molar-refractivity contribution in [3.8, 4) is 5.75 Å². The highest BCUT2D eigenvalue weighted by atomic mass is 32.2. The summed E-state index contributed by atoms with van der Waals surface area (Å²) in [7, 11) is -2.41. The monoisotopic (exact) mass is 503 g/mol. The summed E-state index contributed by atoms with van der Waals surface area (Å²) in [6.45, 7) is 0.627. The third-order valence-corrected chi connectivity index (χ3v) is 7.27. The van der Waals surface area contributed by atoms with Crippen LogP contribution < -0.4 is 19.7 Å². The van der Waals surface area contributed by atoms with Crippen LogP contribution >= 0.6 is 0 Å². The van der Waals surface area contributed by atoms with E-state index in [9.17, 15) is 22.8 Å². The van der Waals surface area contributed by atoms with E-state index >= 15 is 0 Å². The molecule has 2 aromatic carbocycles. The van der Waals surface area contributed by atoms with Crippen LogP contribution in [0.5, 0.6) is 5.75 Å². The molecule has 10 nitrogen and oxygen atoms in total. The van der Waals surface area contributed by atoms with Gasteiger partial charge in [-0.25, -0.2) is 13.2 Å². The maximum absolute atomic E-state index is 12.9. The Morgan fingerprint density at radius 2 is 1.60 bits per heavy atom. The van der Waals surface area contributed by atoms with Crippen LogP contribution in [0, 0.1) is 0 Å². The minimum Gasteiger partial charge on any atom is -0.482 e. The molecule has 188 valence electrons. The van der Waals surface area contributed by atoms with Crippen LogP contribution in [0.4, 0.5) is 11.4 Å². The highest BCUT2D eigenvalue weighted by Crippen LogP contribution is 2.25. The van der Waals surface area contributed by atoms with E-state index < -0.39 is 16.0 Å². The Hall–Kier alpha value is -3.60. The molecule has 0 bridgehead atoms. The van der Waals surface area contributed by atoms with Gasteiger partial charge in [-0.1, -0.05) is 12.8 Å². The number of rotatable bonds is 10. The average molecular weight is 504 g/mol. The summed E-state index contributed by atoms with van der Waals surface area (Å²) in [4.78, 5) is 34.9. The summed E-state index contributed by atoms with van der Waals surface area (Å²) in [6, 6.07) is 12.1. The van der Waals surface area contributed by atoms with Crippen molar-refractivity contribution in [1.29, 1.82) is 0 Å². The maximum atomic E-state index is 12.9. The van der Waals surface area contributed by atoms with Gasteiger partial charge < -0.3 is 20.1 Å². The van der Waals surface area contributed by atoms with Crippen LogP contribution in [-0.2, 0) is 29.1 Å². The fraction of sp³-hybridized carbons (Fsp3) is 0.375. The summed E-state index contributed by atoms with van der Waals surface area (Å²) in [6.07, 6.45) is 4.07.